The van der Waals surface area contributed by atoms with Gasteiger partial charge in [-0.05, 0) is 36.4 Å². The number of benzene rings is 6. The highest BCUT2D eigenvalue weighted by Gasteiger charge is 2.22. The molecule has 0 saturated heterocycles. The van der Waals surface area contributed by atoms with Crippen molar-refractivity contribution in [2.75, 3.05) is 0 Å². The summed E-state index contributed by atoms with van der Waals surface area (Å²) >= 11 is 1.73. The molecule has 6 heteroatoms. The highest BCUT2D eigenvalue weighted by molar-refractivity contribution is 7.23. The third-order valence-electron chi connectivity index (χ3n) is 8.99. The van der Waals surface area contributed by atoms with Crippen molar-refractivity contribution in [1.29, 1.82) is 0 Å². The largest absolute Gasteiger partial charge is 0.282 e. The van der Waals surface area contributed by atoms with Gasteiger partial charge in [0.1, 0.15) is 0 Å². The van der Waals surface area contributed by atoms with Crippen LogP contribution in [0.1, 0.15) is 0 Å². The van der Waals surface area contributed by atoms with E-state index in [2.05, 4.69) is 142 Å². The van der Waals surface area contributed by atoms with E-state index in [4.69, 9.17) is 15.0 Å². The van der Waals surface area contributed by atoms with E-state index in [1.54, 1.807) is 11.3 Å². The van der Waals surface area contributed by atoms with Gasteiger partial charge < -0.3 is 0 Å². The first kappa shape index (κ1) is 26.1. The van der Waals surface area contributed by atoms with Gasteiger partial charge in [-0.15, -0.1) is 0 Å². The number of thiazole rings is 1. The summed E-state index contributed by atoms with van der Waals surface area (Å²) in [6, 6.07) is 53.0. The summed E-state index contributed by atoms with van der Waals surface area (Å²) < 4.78 is 5.74. The number of aromatic nitrogens is 5. The van der Waals surface area contributed by atoms with E-state index in [-0.39, 0.29) is 0 Å². The quantitative estimate of drug-likeness (QED) is 0.197. The summed E-state index contributed by atoms with van der Waals surface area (Å²) in [5, 5.41) is 3.32. The molecule has 0 aliphatic rings. The molecule has 0 fully saturated rings. The minimum Gasteiger partial charge on any atom is -0.282 e. The molecule has 10 aromatic rings. The molecule has 0 radical (unpaired) electrons. The predicted octanol–water partition coefficient (Wildman–Crippen LogP) is 10.6. The molecule has 0 spiro atoms. The Morgan fingerprint density at radius 2 is 1.11 bits per heavy atom. The van der Waals surface area contributed by atoms with Gasteiger partial charge in [-0.1, -0.05) is 127 Å². The monoisotopic (exact) mass is 619 g/mol. The first-order valence-electron chi connectivity index (χ1n) is 15.6. The lowest BCUT2D eigenvalue weighted by molar-refractivity contribution is 1.01. The summed E-state index contributed by atoms with van der Waals surface area (Å²) in [6.45, 7) is 0. The maximum Gasteiger partial charge on any atom is 0.235 e. The minimum absolute atomic E-state index is 0.653. The number of imidazole rings is 1. The van der Waals surface area contributed by atoms with Gasteiger partial charge in [-0.3, -0.25) is 8.97 Å². The average molecular weight is 620 g/mol. The summed E-state index contributed by atoms with van der Waals surface area (Å²) in [5.74, 6) is 0.653. The zero-order valence-corrected chi connectivity index (χ0v) is 25.9. The Morgan fingerprint density at radius 1 is 0.447 bits per heavy atom. The van der Waals surface area contributed by atoms with E-state index in [9.17, 15) is 0 Å². The molecule has 0 aliphatic heterocycles. The average Bonchev–Trinajstić information content (AvgIpc) is 3.80. The van der Waals surface area contributed by atoms with Crippen molar-refractivity contribution >= 4 is 59.2 Å². The molecule has 0 N–H and O–H groups in total. The fraction of sp³-hybridized carbons (Fsp3) is 0. The molecule has 0 amide bonds. The molecule has 0 bridgehead atoms. The van der Waals surface area contributed by atoms with Crippen molar-refractivity contribution in [1.82, 2.24) is 23.9 Å². The lowest BCUT2D eigenvalue weighted by Gasteiger charge is -2.12. The number of nitrogens with zero attached hydrogens (tertiary/aromatic N) is 5. The smallest absolute Gasteiger partial charge is 0.235 e. The molecule has 47 heavy (non-hydrogen) atoms. The normalized spacial score (nSPS) is 11.8. The van der Waals surface area contributed by atoms with Crippen LogP contribution in [0.4, 0.5) is 0 Å². The second kappa shape index (κ2) is 10.2. The maximum atomic E-state index is 5.28. The fourth-order valence-electron chi connectivity index (χ4n) is 6.90. The van der Waals surface area contributed by atoms with Crippen LogP contribution in [0, 0.1) is 0 Å². The summed E-state index contributed by atoms with van der Waals surface area (Å²) in [6.07, 6.45) is 0. The van der Waals surface area contributed by atoms with Crippen molar-refractivity contribution in [3.05, 3.63) is 152 Å². The standard InChI is InChI=1S/C41H25N5S/c1-3-13-26(14-4-1)37-30-18-7-9-19-32(30)42-40(43-37)45-33-20-10-8-17-29(33)31-25-28(23-24-34(31)45)38-39(27-15-5-2-6-16-27)46-35-21-11-12-22-36(35)47-41(46)44-38/h1-25H. The van der Waals surface area contributed by atoms with Gasteiger partial charge in [0, 0.05) is 32.8 Å². The van der Waals surface area contributed by atoms with Crippen molar-refractivity contribution in [3.63, 3.8) is 0 Å². The van der Waals surface area contributed by atoms with E-state index in [1.165, 1.54) is 10.2 Å². The Morgan fingerprint density at radius 3 is 1.94 bits per heavy atom. The first-order valence-corrected chi connectivity index (χ1v) is 16.4. The highest BCUT2D eigenvalue weighted by Crippen LogP contribution is 2.41. The molecule has 0 atom stereocenters. The molecule has 0 saturated carbocycles. The van der Waals surface area contributed by atoms with E-state index in [0.717, 1.165) is 71.4 Å². The van der Waals surface area contributed by atoms with Crippen LogP contribution in [0.15, 0.2) is 152 Å². The molecule has 0 unspecified atom stereocenters. The second-order valence-corrected chi connectivity index (χ2v) is 12.7. The van der Waals surface area contributed by atoms with E-state index in [0.29, 0.717) is 5.95 Å². The van der Waals surface area contributed by atoms with E-state index in [1.807, 2.05) is 18.2 Å². The van der Waals surface area contributed by atoms with Gasteiger partial charge in [0.2, 0.25) is 5.95 Å². The van der Waals surface area contributed by atoms with Crippen LogP contribution in [-0.2, 0) is 0 Å². The topological polar surface area (TPSA) is 48.0 Å². The molecule has 6 aromatic carbocycles. The lowest BCUT2D eigenvalue weighted by atomic mass is 10.0. The van der Waals surface area contributed by atoms with E-state index < -0.39 is 0 Å². The third kappa shape index (κ3) is 3.98. The predicted molar refractivity (Wildman–Crippen MR) is 194 cm³/mol. The van der Waals surface area contributed by atoms with Crippen molar-refractivity contribution in [2.24, 2.45) is 0 Å². The fourth-order valence-corrected chi connectivity index (χ4v) is 7.92. The molecule has 4 aromatic heterocycles. The molecule has 10 rings (SSSR count). The van der Waals surface area contributed by atoms with Crippen LogP contribution in [0.25, 0.3) is 87.6 Å². The lowest BCUT2D eigenvalue weighted by Crippen LogP contribution is -2.03. The van der Waals surface area contributed by atoms with Crippen LogP contribution in [-0.4, -0.2) is 23.9 Å². The van der Waals surface area contributed by atoms with Crippen LogP contribution in [0.5, 0.6) is 0 Å². The van der Waals surface area contributed by atoms with Gasteiger partial charge in [-0.2, -0.15) is 0 Å². The van der Waals surface area contributed by atoms with Crippen LogP contribution in [0.2, 0.25) is 0 Å². The van der Waals surface area contributed by atoms with E-state index >= 15 is 0 Å². The molecular formula is C41H25N5S. The van der Waals surface area contributed by atoms with Gasteiger partial charge in [-0.25, -0.2) is 15.0 Å². The van der Waals surface area contributed by atoms with Crippen LogP contribution in [0.3, 0.4) is 0 Å². The zero-order valence-electron chi connectivity index (χ0n) is 25.1. The summed E-state index contributed by atoms with van der Waals surface area (Å²) in [4.78, 5) is 16.6. The maximum absolute atomic E-state index is 5.28. The molecule has 4 heterocycles. The summed E-state index contributed by atoms with van der Waals surface area (Å²) in [5.41, 5.74) is 10.5. The van der Waals surface area contributed by atoms with Crippen molar-refractivity contribution in [3.8, 4) is 39.7 Å². The number of rotatable bonds is 4. The SMILES string of the molecule is c1ccc(-c2nc(-n3c4ccccc4c4cc(-c5nc6sc7ccccc7n6c5-c5ccccc5)ccc43)nc3ccccc23)cc1. The minimum atomic E-state index is 0.653. The van der Waals surface area contributed by atoms with Gasteiger partial charge in [0.25, 0.3) is 0 Å². The van der Waals surface area contributed by atoms with Crippen molar-refractivity contribution in [2.45, 2.75) is 0 Å². The first-order chi connectivity index (χ1) is 23.3. The van der Waals surface area contributed by atoms with Crippen LogP contribution >= 0.6 is 11.3 Å². The molecular weight excluding hydrogens is 595 g/mol. The van der Waals surface area contributed by atoms with Gasteiger partial charge >= 0.3 is 0 Å². The second-order valence-electron chi connectivity index (χ2n) is 11.7. The van der Waals surface area contributed by atoms with Crippen LogP contribution < -0.4 is 0 Å². The number of hydrogen-bond acceptors (Lipinski definition) is 4. The van der Waals surface area contributed by atoms with Gasteiger partial charge in [0.15, 0.2) is 4.96 Å². The Kier molecular flexibility index (Phi) is 5.68. The Hall–Kier alpha value is -6.11. The Balaban J connectivity index is 1.24. The Labute approximate surface area is 273 Å². The molecule has 0 aliphatic carbocycles. The van der Waals surface area contributed by atoms with Gasteiger partial charge in [0.05, 0.1) is 43.8 Å². The number of para-hydroxylation sites is 3. The third-order valence-corrected chi connectivity index (χ3v) is 10.0. The highest BCUT2D eigenvalue weighted by atomic mass is 32.1. The number of hydrogen-bond donors (Lipinski definition) is 0. The molecule has 220 valence electrons. The van der Waals surface area contributed by atoms with Crippen molar-refractivity contribution < 1.29 is 0 Å². The number of fused-ring (bicyclic) bond motifs is 7. The molecule has 5 nitrogen and oxygen atoms in total. The Bertz CT molecular complexity index is 2790. The summed E-state index contributed by atoms with van der Waals surface area (Å²) in [7, 11) is 0. The zero-order chi connectivity index (χ0) is 30.9.